The Morgan fingerprint density at radius 2 is 1.59 bits per heavy atom. The summed E-state index contributed by atoms with van der Waals surface area (Å²) in [5, 5.41) is 2.51. The minimum atomic E-state index is 0.956. The summed E-state index contributed by atoms with van der Waals surface area (Å²) in [7, 11) is 2.17. The Morgan fingerprint density at radius 3 is 2.41 bits per heavy atom. The number of rotatable bonds is 4. The molecule has 0 N–H and O–H groups in total. The zero-order valence-corrected chi connectivity index (χ0v) is 15.9. The van der Waals surface area contributed by atoms with Crippen LogP contribution < -0.4 is 0 Å². The quantitative estimate of drug-likeness (QED) is 0.286. The van der Waals surface area contributed by atoms with Gasteiger partial charge in [0.05, 0.1) is 27.6 Å². The minimum Gasteiger partial charge on any atom is -0.343 e. The Kier molecular flexibility index (Phi) is 3.82. The summed E-state index contributed by atoms with van der Waals surface area (Å²) in [6, 6.07) is 19.1. The Balaban J connectivity index is 1.93. The first-order valence-corrected chi connectivity index (χ1v) is 9.83. The van der Waals surface area contributed by atoms with Crippen LogP contribution in [-0.2, 0) is 13.5 Å². The van der Waals surface area contributed by atoms with Crippen LogP contribution in [0, 0.1) is 0 Å². The van der Waals surface area contributed by atoms with E-state index in [0.29, 0.717) is 0 Å². The van der Waals surface area contributed by atoms with E-state index in [4.69, 9.17) is 9.97 Å². The van der Waals surface area contributed by atoms with E-state index in [0.717, 1.165) is 28.5 Å². The molecule has 0 atom stereocenters. The molecule has 0 aliphatic heterocycles. The molecule has 3 heteroatoms. The second-order valence-corrected chi connectivity index (χ2v) is 7.37. The van der Waals surface area contributed by atoms with Gasteiger partial charge in [-0.2, -0.15) is 0 Å². The molecule has 2 heterocycles. The van der Waals surface area contributed by atoms with Crippen molar-refractivity contribution < 1.29 is 0 Å². The number of fused-ring (bicyclic) bond motifs is 6. The van der Waals surface area contributed by atoms with Gasteiger partial charge in [-0.15, -0.1) is 0 Å². The largest absolute Gasteiger partial charge is 0.343 e. The first kappa shape index (κ1) is 16.2. The van der Waals surface area contributed by atoms with Crippen molar-refractivity contribution in [3.8, 4) is 0 Å². The molecule has 0 aliphatic rings. The molecule has 0 bridgehead atoms. The summed E-state index contributed by atoms with van der Waals surface area (Å²) >= 11 is 0. The molecule has 0 amide bonds. The maximum absolute atomic E-state index is 5.03. The monoisotopic (exact) mass is 353 g/mol. The van der Waals surface area contributed by atoms with Gasteiger partial charge in [-0.3, -0.25) is 0 Å². The number of aryl methyl sites for hydroxylation is 2. The predicted octanol–water partition coefficient (Wildman–Crippen LogP) is 6.16. The molecule has 0 unspecified atom stereocenters. The van der Waals surface area contributed by atoms with E-state index in [9.17, 15) is 0 Å². The second kappa shape index (κ2) is 6.34. The Hall–Kier alpha value is -2.94. The summed E-state index contributed by atoms with van der Waals surface area (Å²) in [6.45, 7) is 2.25. The van der Waals surface area contributed by atoms with Crippen molar-refractivity contribution in [2.24, 2.45) is 7.05 Å². The van der Waals surface area contributed by atoms with Gasteiger partial charge in [0.25, 0.3) is 0 Å². The van der Waals surface area contributed by atoms with Crippen LogP contribution >= 0.6 is 0 Å². The lowest BCUT2D eigenvalue weighted by molar-refractivity contribution is 0.718. The molecule has 134 valence electrons. The Morgan fingerprint density at radius 1 is 0.852 bits per heavy atom. The number of benzene rings is 3. The predicted molar refractivity (Wildman–Crippen MR) is 114 cm³/mol. The summed E-state index contributed by atoms with van der Waals surface area (Å²) in [5.41, 5.74) is 7.89. The maximum Gasteiger partial charge on any atom is 0.0994 e. The fourth-order valence-corrected chi connectivity index (χ4v) is 4.30. The van der Waals surface area contributed by atoms with Crippen LogP contribution in [-0.4, -0.2) is 14.5 Å². The molecular weight excluding hydrogens is 330 g/mol. The fraction of sp³-hybridized carbons (Fsp3) is 0.250. The highest BCUT2D eigenvalue weighted by atomic mass is 14.9. The van der Waals surface area contributed by atoms with Gasteiger partial charge < -0.3 is 4.57 Å². The molecule has 0 aliphatic carbocycles. The molecule has 0 radical (unpaired) electrons. The Labute approximate surface area is 158 Å². The molecule has 5 aromatic rings. The van der Waals surface area contributed by atoms with E-state index in [1.807, 2.05) is 24.3 Å². The third kappa shape index (κ3) is 2.49. The van der Waals surface area contributed by atoms with Crippen LogP contribution in [0.15, 0.2) is 54.6 Å². The molecule has 3 aromatic carbocycles. The molecule has 0 spiro atoms. The Bertz CT molecular complexity index is 1300. The first-order chi connectivity index (χ1) is 13.3. The van der Waals surface area contributed by atoms with Gasteiger partial charge in [0, 0.05) is 23.3 Å². The molecule has 5 rings (SSSR count). The second-order valence-electron chi connectivity index (χ2n) is 7.37. The number of aromatic nitrogens is 3. The molecule has 27 heavy (non-hydrogen) atoms. The smallest absolute Gasteiger partial charge is 0.0994 e. The summed E-state index contributed by atoms with van der Waals surface area (Å²) < 4.78 is 2.34. The highest BCUT2D eigenvalue weighted by Gasteiger charge is 2.17. The third-order valence-electron chi connectivity index (χ3n) is 5.61. The van der Waals surface area contributed by atoms with Crippen LogP contribution in [0.1, 0.15) is 31.7 Å². The lowest BCUT2D eigenvalue weighted by Gasteiger charge is -2.10. The van der Waals surface area contributed by atoms with E-state index in [-0.39, 0.29) is 0 Å². The van der Waals surface area contributed by atoms with Crippen molar-refractivity contribution in [1.29, 1.82) is 0 Å². The van der Waals surface area contributed by atoms with Gasteiger partial charge in [-0.25, -0.2) is 9.97 Å². The van der Waals surface area contributed by atoms with Crippen molar-refractivity contribution in [1.82, 2.24) is 14.5 Å². The zero-order chi connectivity index (χ0) is 18.4. The summed E-state index contributed by atoms with van der Waals surface area (Å²) in [6.07, 6.45) is 4.78. The van der Waals surface area contributed by atoms with Crippen LogP contribution in [0.5, 0.6) is 0 Å². The van der Waals surface area contributed by atoms with Gasteiger partial charge in [0.1, 0.15) is 0 Å². The van der Waals surface area contributed by atoms with Crippen molar-refractivity contribution in [2.45, 2.75) is 32.6 Å². The molecule has 3 nitrogen and oxygen atoms in total. The first-order valence-electron chi connectivity index (χ1n) is 9.83. The molecule has 0 fully saturated rings. The molecule has 0 saturated carbocycles. The van der Waals surface area contributed by atoms with E-state index in [1.54, 1.807) is 0 Å². The molecule has 2 aromatic heterocycles. The average Bonchev–Trinajstić information content (AvgIpc) is 3.00. The fourth-order valence-electron chi connectivity index (χ4n) is 4.30. The van der Waals surface area contributed by atoms with Crippen LogP contribution in [0.4, 0.5) is 0 Å². The minimum absolute atomic E-state index is 0.956. The number of para-hydroxylation sites is 3. The van der Waals surface area contributed by atoms with Crippen LogP contribution in [0.3, 0.4) is 0 Å². The van der Waals surface area contributed by atoms with Crippen LogP contribution in [0.2, 0.25) is 0 Å². The number of hydrogen-bond donors (Lipinski definition) is 0. The molecule has 0 saturated heterocycles. The highest BCUT2D eigenvalue weighted by molar-refractivity contribution is 6.20. The van der Waals surface area contributed by atoms with E-state index in [1.165, 1.54) is 46.6 Å². The number of nitrogens with zero attached hydrogens (tertiary/aromatic N) is 3. The van der Waals surface area contributed by atoms with Crippen molar-refractivity contribution in [2.75, 3.05) is 0 Å². The lowest BCUT2D eigenvalue weighted by atomic mass is 10.0. The summed E-state index contributed by atoms with van der Waals surface area (Å²) in [5.74, 6) is 0. The zero-order valence-electron chi connectivity index (χ0n) is 15.9. The van der Waals surface area contributed by atoms with Gasteiger partial charge in [-0.1, -0.05) is 50.1 Å². The molecular formula is C24H23N3. The summed E-state index contributed by atoms with van der Waals surface area (Å²) in [4.78, 5) is 9.99. The highest BCUT2D eigenvalue weighted by Crippen LogP contribution is 2.36. The number of unbranched alkanes of at least 4 members (excludes halogenated alkanes) is 2. The van der Waals surface area contributed by atoms with E-state index in [2.05, 4.69) is 48.9 Å². The standard InChI is InChI=1S/C24H23N3/c1-3-4-5-10-16-15-20-23(26-19-13-8-7-12-18(19)25-20)22-17-11-6-9-14-21(17)27(2)24(16)22/h6-9,11-15H,3-5,10H2,1-2H3. The van der Waals surface area contributed by atoms with Crippen molar-refractivity contribution in [3.05, 3.63) is 60.2 Å². The number of hydrogen-bond acceptors (Lipinski definition) is 2. The normalized spacial score (nSPS) is 11.9. The third-order valence-corrected chi connectivity index (χ3v) is 5.61. The van der Waals surface area contributed by atoms with Gasteiger partial charge in [0.15, 0.2) is 0 Å². The van der Waals surface area contributed by atoms with Crippen molar-refractivity contribution in [3.63, 3.8) is 0 Å². The van der Waals surface area contributed by atoms with E-state index < -0.39 is 0 Å². The van der Waals surface area contributed by atoms with Crippen molar-refractivity contribution >= 4 is 43.9 Å². The van der Waals surface area contributed by atoms with Gasteiger partial charge in [0.2, 0.25) is 0 Å². The van der Waals surface area contributed by atoms with Gasteiger partial charge in [-0.05, 0) is 42.7 Å². The topological polar surface area (TPSA) is 30.7 Å². The van der Waals surface area contributed by atoms with Crippen LogP contribution in [0.25, 0.3) is 43.9 Å². The maximum atomic E-state index is 5.03. The van der Waals surface area contributed by atoms with Gasteiger partial charge >= 0.3 is 0 Å². The average molecular weight is 353 g/mol. The lowest BCUT2D eigenvalue weighted by Crippen LogP contribution is -1.97. The van der Waals surface area contributed by atoms with E-state index >= 15 is 0 Å². The SMILES string of the molecule is CCCCCc1cc2nc3ccccc3nc2c2c3ccccc3n(C)c12.